The Labute approximate surface area is 109 Å². The van der Waals surface area contributed by atoms with Gasteiger partial charge in [0.2, 0.25) is 0 Å². The van der Waals surface area contributed by atoms with Crippen molar-refractivity contribution in [3.63, 3.8) is 0 Å². The Morgan fingerprint density at radius 1 is 1.16 bits per heavy atom. The molecule has 0 aliphatic rings. The minimum Gasteiger partial charge on any atom is -0.306 e. The predicted molar refractivity (Wildman–Crippen MR) is 66.1 cm³/mol. The number of nitrogens with zero attached hydrogens (tertiary/aromatic N) is 1. The zero-order chi connectivity index (χ0) is 13.8. The van der Waals surface area contributed by atoms with Gasteiger partial charge in [-0.25, -0.2) is 13.2 Å². The molecule has 0 spiro atoms. The normalized spacial score (nSPS) is 12.4. The minimum absolute atomic E-state index is 0.325. The quantitative estimate of drug-likeness (QED) is 0.860. The number of hydrogen-bond acceptors (Lipinski definition) is 2. The van der Waals surface area contributed by atoms with E-state index in [-0.39, 0.29) is 0 Å². The maximum atomic E-state index is 13.3. The molecular weight excluding hydrogens is 253 g/mol. The van der Waals surface area contributed by atoms with Gasteiger partial charge in [-0.1, -0.05) is 13.0 Å². The summed E-state index contributed by atoms with van der Waals surface area (Å²) < 4.78 is 39.6. The fourth-order valence-corrected chi connectivity index (χ4v) is 1.92. The molecule has 5 heteroatoms. The zero-order valence-corrected chi connectivity index (χ0v) is 10.3. The SMILES string of the molecule is CCNC(c1cccnc1)c1cc(F)c(F)c(F)c1. The van der Waals surface area contributed by atoms with E-state index in [0.29, 0.717) is 12.1 Å². The van der Waals surface area contributed by atoms with E-state index in [4.69, 9.17) is 0 Å². The number of nitrogens with one attached hydrogen (secondary N) is 1. The number of aromatic nitrogens is 1. The zero-order valence-electron chi connectivity index (χ0n) is 10.3. The highest BCUT2D eigenvalue weighted by molar-refractivity contribution is 5.31. The lowest BCUT2D eigenvalue weighted by Crippen LogP contribution is -2.22. The van der Waals surface area contributed by atoms with E-state index in [1.165, 1.54) is 0 Å². The third-order valence-electron chi connectivity index (χ3n) is 2.77. The standard InChI is InChI=1S/C14H13F3N2/c1-2-19-14(9-4-3-5-18-8-9)10-6-11(15)13(17)12(16)7-10/h3-8,14,19H,2H2,1H3. The molecule has 1 unspecified atom stereocenters. The average Bonchev–Trinajstić information content (AvgIpc) is 2.42. The first-order valence-electron chi connectivity index (χ1n) is 5.91. The molecule has 2 aromatic rings. The van der Waals surface area contributed by atoms with Crippen molar-refractivity contribution in [2.45, 2.75) is 13.0 Å². The molecule has 0 amide bonds. The molecule has 2 nitrogen and oxygen atoms in total. The van der Waals surface area contributed by atoms with Crippen LogP contribution < -0.4 is 5.32 Å². The Hall–Kier alpha value is -1.88. The average molecular weight is 266 g/mol. The molecule has 2 rings (SSSR count). The second kappa shape index (κ2) is 5.84. The molecule has 1 N–H and O–H groups in total. The van der Waals surface area contributed by atoms with E-state index in [2.05, 4.69) is 10.3 Å². The number of pyridine rings is 1. The Morgan fingerprint density at radius 2 is 1.84 bits per heavy atom. The summed E-state index contributed by atoms with van der Waals surface area (Å²) >= 11 is 0. The molecule has 1 aromatic carbocycles. The minimum atomic E-state index is -1.45. The lowest BCUT2D eigenvalue weighted by molar-refractivity contribution is 0.442. The summed E-state index contributed by atoms with van der Waals surface area (Å²) in [5, 5.41) is 3.09. The van der Waals surface area contributed by atoms with Crippen LogP contribution in [0.1, 0.15) is 24.1 Å². The van der Waals surface area contributed by atoms with E-state index in [1.807, 2.05) is 6.92 Å². The molecule has 1 aromatic heterocycles. The maximum absolute atomic E-state index is 13.3. The summed E-state index contributed by atoms with van der Waals surface area (Å²) in [5.74, 6) is -3.84. The number of hydrogen-bond donors (Lipinski definition) is 1. The monoisotopic (exact) mass is 266 g/mol. The fourth-order valence-electron chi connectivity index (χ4n) is 1.92. The molecule has 0 bridgehead atoms. The Balaban J connectivity index is 2.45. The summed E-state index contributed by atoms with van der Waals surface area (Å²) in [6.45, 7) is 2.47. The van der Waals surface area contributed by atoms with Gasteiger partial charge in [0.05, 0.1) is 6.04 Å². The molecule has 0 radical (unpaired) electrons. The second-order valence-corrected chi connectivity index (χ2v) is 4.08. The van der Waals surface area contributed by atoms with Gasteiger partial charge in [0.25, 0.3) is 0 Å². The first-order chi connectivity index (χ1) is 9.13. The van der Waals surface area contributed by atoms with E-state index >= 15 is 0 Å². The van der Waals surface area contributed by atoms with Crippen LogP contribution in [-0.2, 0) is 0 Å². The first-order valence-corrected chi connectivity index (χ1v) is 5.91. The molecule has 0 aliphatic carbocycles. The molecule has 0 aliphatic heterocycles. The molecular formula is C14H13F3N2. The van der Waals surface area contributed by atoms with Crippen LogP contribution in [0.2, 0.25) is 0 Å². The molecule has 0 saturated heterocycles. The lowest BCUT2D eigenvalue weighted by atomic mass is 9.99. The largest absolute Gasteiger partial charge is 0.306 e. The topological polar surface area (TPSA) is 24.9 Å². The molecule has 0 fully saturated rings. The van der Waals surface area contributed by atoms with Crippen molar-refractivity contribution >= 4 is 0 Å². The van der Waals surface area contributed by atoms with Gasteiger partial charge < -0.3 is 5.32 Å². The van der Waals surface area contributed by atoms with Crippen molar-refractivity contribution < 1.29 is 13.2 Å². The van der Waals surface area contributed by atoms with Crippen LogP contribution in [0.3, 0.4) is 0 Å². The van der Waals surface area contributed by atoms with E-state index in [9.17, 15) is 13.2 Å². The van der Waals surface area contributed by atoms with Gasteiger partial charge in [-0.2, -0.15) is 0 Å². The van der Waals surface area contributed by atoms with Crippen LogP contribution in [0.15, 0.2) is 36.7 Å². The third kappa shape index (κ3) is 2.93. The number of rotatable bonds is 4. The van der Waals surface area contributed by atoms with Crippen LogP contribution in [0.25, 0.3) is 0 Å². The van der Waals surface area contributed by atoms with Crippen LogP contribution in [0.5, 0.6) is 0 Å². The van der Waals surface area contributed by atoms with Crippen LogP contribution in [-0.4, -0.2) is 11.5 Å². The van der Waals surface area contributed by atoms with Gasteiger partial charge in [-0.05, 0) is 35.9 Å². The molecule has 1 atom stereocenters. The van der Waals surface area contributed by atoms with Gasteiger partial charge >= 0.3 is 0 Å². The molecule has 1 heterocycles. The Morgan fingerprint density at radius 3 is 2.37 bits per heavy atom. The Bertz CT molecular complexity index is 535. The fraction of sp³-hybridized carbons (Fsp3) is 0.214. The van der Waals surface area contributed by atoms with Crippen molar-refractivity contribution in [2.24, 2.45) is 0 Å². The summed E-state index contributed by atoms with van der Waals surface area (Å²) in [4.78, 5) is 3.97. The van der Waals surface area contributed by atoms with Crippen LogP contribution in [0, 0.1) is 17.5 Å². The van der Waals surface area contributed by atoms with Crippen molar-refractivity contribution in [3.05, 3.63) is 65.2 Å². The summed E-state index contributed by atoms with van der Waals surface area (Å²) in [5.41, 5.74) is 1.08. The second-order valence-electron chi connectivity index (χ2n) is 4.08. The van der Waals surface area contributed by atoms with E-state index in [0.717, 1.165) is 17.7 Å². The van der Waals surface area contributed by atoms with Gasteiger partial charge in [0.1, 0.15) is 0 Å². The van der Waals surface area contributed by atoms with Crippen molar-refractivity contribution in [2.75, 3.05) is 6.54 Å². The summed E-state index contributed by atoms with van der Waals surface area (Å²) in [6.07, 6.45) is 3.21. The van der Waals surface area contributed by atoms with Crippen LogP contribution in [0.4, 0.5) is 13.2 Å². The van der Waals surface area contributed by atoms with Gasteiger partial charge in [-0.15, -0.1) is 0 Å². The van der Waals surface area contributed by atoms with Gasteiger partial charge in [-0.3, -0.25) is 4.98 Å². The van der Waals surface area contributed by atoms with Crippen molar-refractivity contribution in [1.82, 2.24) is 10.3 Å². The number of benzene rings is 1. The van der Waals surface area contributed by atoms with Gasteiger partial charge in [0.15, 0.2) is 17.5 Å². The summed E-state index contributed by atoms with van der Waals surface area (Å²) in [6, 6.07) is 5.09. The first kappa shape index (κ1) is 13.5. The van der Waals surface area contributed by atoms with E-state index in [1.54, 1.807) is 24.5 Å². The number of halogens is 3. The lowest BCUT2D eigenvalue weighted by Gasteiger charge is -2.18. The predicted octanol–water partition coefficient (Wildman–Crippen LogP) is 3.20. The van der Waals surface area contributed by atoms with Crippen LogP contribution >= 0.6 is 0 Å². The highest BCUT2D eigenvalue weighted by Gasteiger charge is 2.18. The van der Waals surface area contributed by atoms with E-state index < -0.39 is 23.5 Å². The Kier molecular flexibility index (Phi) is 4.16. The molecule has 19 heavy (non-hydrogen) atoms. The molecule has 100 valence electrons. The maximum Gasteiger partial charge on any atom is 0.194 e. The highest BCUT2D eigenvalue weighted by Crippen LogP contribution is 2.24. The molecule has 0 saturated carbocycles. The van der Waals surface area contributed by atoms with Gasteiger partial charge in [0, 0.05) is 12.4 Å². The highest BCUT2D eigenvalue weighted by atomic mass is 19.2. The van der Waals surface area contributed by atoms with Crippen molar-refractivity contribution in [3.8, 4) is 0 Å². The third-order valence-corrected chi connectivity index (χ3v) is 2.77. The summed E-state index contributed by atoms with van der Waals surface area (Å²) in [7, 11) is 0. The smallest absolute Gasteiger partial charge is 0.194 e. The van der Waals surface area contributed by atoms with Crippen molar-refractivity contribution in [1.29, 1.82) is 0 Å².